The molecule has 0 saturated carbocycles. The van der Waals surface area contributed by atoms with Crippen LogP contribution in [0.2, 0.25) is 0 Å². The first-order chi connectivity index (χ1) is 7.40. The SMILES string of the molecule is CCc1cnc(C2CCCNCC2)nc1. The van der Waals surface area contributed by atoms with E-state index < -0.39 is 0 Å². The molecule has 82 valence electrons. The second-order valence-corrected chi connectivity index (χ2v) is 4.18. The number of nitrogens with zero attached hydrogens (tertiary/aromatic N) is 2. The Bertz CT molecular complexity index is 286. The van der Waals surface area contributed by atoms with E-state index in [1.165, 1.54) is 24.8 Å². The van der Waals surface area contributed by atoms with Crippen molar-refractivity contribution in [2.24, 2.45) is 0 Å². The van der Waals surface area contributed by atoms with Gasteiger partial charge in [-0.2, -0.15) is 0 Å². The Labute approximate surface area is 91.3 Å². The van der Waals surface area contributed by atoms with Crippen LogP contribution in [0, 0.1) is 0 Å². The zero-order valence-corrected chi connectivity index (χ0v) is 9.37. The molecule has 1 saturated heterocycles. The summed E-state index contributed by atoms with van der Waals surface area (Å²) >= 11 is 0. The third-order valence-corrected chi connectivity index (χ3v) is 3.07. The van der Waals surface area contributed by atoms with Crippen LogP contribution >= 0.6 is 0 Å². The first-order valence-electron chi connectivity index (χ1n) is 5.91. The zero-order valence-electron chi connectivity index (χ0n) is 9.37. The lowest BCUT2D eigenvalue weighted by molar-refractivity contribution is 0.574. The molecule has 1 atom stereocenters. The van der Waals surface area contributed by atoms with Crippen LogP contribution in [-0.4, -0.2) is 23.1 Å². The highest BCUT2D eigenvalue weighted by molar-refractivity contribution is 5.07. The van der Waals surface area contributed by atoms with E-state index in [0.717, 1.165) is 25.3 Å². The Balaban J connectivity index is 2.06. The molecule has 0 amide bonds. The van der Waals surface area contributed by atoms with Crippen LogP contribution < -0.4 is 5.32 Å². The lowest BCUT2D eigenvalue weighted by Gasteiger charge is -2.11. The van der Waals surface area contributed by atoms with E-state index in [1.807, 2.05) is 12.4 Å². The van der Waals surface area contributed by atoms with Gasteiger partial charge >= 0.3 is 0 Å². The van der Waals surface area contributed by atoms with Gasteiger partial charge in [-0.25, -0.2) is 9.97 Å². The molecule has 1 aliphatic heterocycles. The topological polar surface area (TPSA) is 37.8 Å². The standard InChI is InChI=1S/C12H19N3/c1-2-10-8-14-12(15-9-10)11-4-3-6-13-7-5-11/h8-9,11,13H,2-7H2,1H3. The highest BCUT2D eigenvalue weighted by Gasteiger charge is 2.16. The van der Waals surface area contributed by atoms with Crippen molar-refractivity contribution in [3.8, 4) is 0 Å². The Morgan fingerprint density at radius 1 is 1.27 bits per heavy atom. The molecule has 1 unspecified atom stereocenters. The summed E-state index contributed by atoms with van der Waals surface area (Å²) in [7, 11) is 0. The van der Waals surface area contributed by atoms with Gasteiger partial charge in [0, 0.05) is 18.3 Å². The number of rotatable bonds is 2. The highest BCUT2D eigenvalue weighted by atomic mass is 14.9. The van der Waals surface area contributed by atoms with Crippen LogP contribution in [-0.2, 0) is 6.42 Å². The molecule has 0 aromatic carbocycles. The summed E-state index contributed by atoms with van der Waals surface area (Å²) in [5, 5.41) is 3.41. The van der Waals surface area contributed by atoms with Crippen LogP contribution in [0.15, 0.2) is 12.4 Å². The van der Waals surface area contributed by atoms with Gasteiger partial charge < -0.3 is 5.32 Å². The molecule has 0 radical (unpaired) electrons. The van der Waals surface area contributed by atoms with Crippen molar-refractivity contribution < 1.29 is 0 Å². The Kier molecular flexibility index (Phi) is 3.67. The fourth-order valence-electron chi connectivity index (χ4n) is 2.04. The molecular formula is C12H19N3. The van der Waals surface area contributed by atoms with Gasteiger partial charge in [-0.05, 0) is 44.3 Å². The number of aromatic nitrogens is 2. The fraction of sp³-hybridized carbons (Fsp3) is 0.667. The second kappa shape index (κ2) is 5.21. The van der Waals surface area contributed by atoms with E-state index >= 15 is 0 Å². The highest BCUT2D eigenvalue weighted by Crippen LogP contribution is 2.22. The molecule has 1 aromatic heterocycles. The van der Waals surface area contributed by atoms with E-state index in [-0.39, 0.29) is 0 Å². The predicted octanol–water partition coefficient (Wildman–Crippen LogP) is 1.90. The molecule has 3 heteroatoms. The average Bonchev–Trinajstić information content (AvgIpc) is 2.58. The Morgan fingerprint density at radius 3 is 2.80 bits per heavy atom. The van der Waals surface area contributed by atoms with Crippen LogP contribution in [0.1, 0.15) is 43.5 Å². The maximum absolute atomic E-state index is 4.48. The molecule has 0 bridgehead atoms. The number of aryl methyl sites for hydroxylation is 1. The van der Waals surface area contributed by atoms with Crippen molar-refractivity contribution in [2.75, 3.05) is 13.1 Å². The minimum Gasteiger partial charge on any atom is -0.317 e. The zero-order chi connectivity index (χ0) is 10.5. The van der Waals surface area contributed by atoms with E-state index in [9.17, 15) is 0 Å². The van der Waals surface area contributed by atoms with Crippen molar-refractivity contribution in [3.05, 3.63) is 23.8 Å². The van der Waals surface area contributed by atoms with Gasteiger partial charge in [-0.15, -0.1) is 0 Å². The van der Waals surface area contributed by atoms with Crippen molar-refractivity contribution in [1.29, 1.82) is 0 Å². The van der Waals surface area contributed by atoms with Crippen LogP contribution in [0.4, 0.5) is 0 Å². The van der Waals surface area contributed by atoms with E-state index in [1.54, 1.807) is 0 Å². The van der Waals surface area contributed by atoms with Crippen molar-refractivity contribution in [3.63, 3.8) is 0 Å². The van der Waals surface area contributed by atoms with Gasteiger partial charge in [-0.1, -0.05) is 6.92 Å². The smallest absolute Gasteiger partial charge is 0.131 e. The lowest BCUT2D eigenvalue weighted by atomic mass is 10.00. The number of hydrogen-bond acceptors (Lipinski definition) is 3. The van der Waals surface area contributed by atoms with Gasteiger partial charge in [0.05, 0.1) is 0 Å². The second-order valence-electron chi connectivity index (χ2n) is 4.18. The summed E-state index contributed by atoms with van der Waals surface area (Å²) in [6, 6.07) is 0. The maximum Gasteiger partial charge on any atom is 0.131 e. The van der Waals surface area contributed by atoms with Gasteiger partial charge in [-0.3, -0.25) is 0 Å². The first kappa shape index (κ1) is 10.6. The molecule has 1 aliphatic rings. The summed E-state index contributed by atoms with van der Waals surface area (Å²) in [5.74, 6) is 1.60. The fourth-order valence-corrected chi connectivity index (χ4v) is 2.04. The number of nitrogens with one attached hydrogen (secondary N) is 1. The average molecular weight is 205 g/mol. The molecule has 1 N–H and O–H groups in total. The molecule has 2 heterocycles. The minimum absolute atomic E-state index is 0.561. The van der Waals surface area contributed by atoms with Crippen molar-refractivity contribution >= 4 is 0 Å². The molecule has 15 heavy (non-hydrogen) atoms. The molecular weight excluding hydrogens is 186 g/mol. The van der Waals surface area contributed by atoms with Crippen molar-refractivity contribution in [2.45, 2.75) is 38.5 Å². The first-order valence-corrected chi connectivity index (χ1v) is 5.91. The molecule has 2 rings (SSSR count). The molecule has 1 fully saturated rings. The summed E-state index contributed by atoms with van der Waals surface area (Å²) in [6.07, 6.45) is 8.60. The Hall–Kier alpha value is -0.960. The molecule has 0 spiro atoms. The van der Waals surface area contributed by atoms with Crippen LogP contribution in [0.3, 0.4) is 0 Å². The van der Waals surface area contributed by atoms with Crippen molar-refractivity contribution in [1.82, 2.24) is 15.3 Å². The van der Waals surface area contributed by atoms with E-state index in [4.69, 9.17) is 0 Å². The molecule has 0 aliphatic carbocycles. The summed E-state index contributed by atoms with van der Waals surface area (Å²) in [6.45, 7) is 4.38. The predicted molar refractivity (Wildman–Crippen MR) is 60.9 cm³/mol. The van der Waals surface area contributed by atoms with Gasteiger partial charge in [0.25, 0.3) is 0 Å². The van der Waals surface area contributed by atoms with Gasteiger partial charge in [0.15, 0.2) is 0 Å². The normalized spacial score (nSPS) is 22.3. The third-order valence-electron chi connectivity index (χ3n) is 3.07. The quantitative estimate of drug-likeness (QED) is 0.801. The monoisotopic (exact) mass is 205 g/mol. The maximum atomic E-state index is 4.48. The number of hydrogen-bond donors (Lipinski definition) is 1. The van der Waals surface area contributed by atoms with Gasteiger partial charge in [0.1, 0.15) is 5.82 Å². The summed E-state index contributed by atoms with van der Waals surface area (Å²) in [5.41, 5.74) is 1.23. The molecule has 3 nitrogen and oxygen atoms in total. The van der Waals surface area contributed by atoms with Crippen LogP contribution in [0.25, 0.3) is 0 Å². The summed E-state index contributed by atoms with van der Waals surface area (Å²) in [4.78, 5) is 8.95. The largest absolute Gasteiger partial charge is 0.317 e. The van der Waals surface area contributed by atoms with E-state index in [0.29, 0.717) is 5.92 Å². The van der Waals surface area contributed by atoms with Gasteiger partial charge in [0.2, 0.25) is 0 Å². The lowest BCUT2D eigenvalue weighted by Crippen LogP contribution is -2.14. The van der Waals surface area contributed by atoms with Crippen LogP contribution in [0.5, 0.6) is 0 Å². The third kappa shape index (κ3) is 2.75. The summed E-state index contributed by atoms with van der Waals surface area (Å²) < 4.78 is 0. The minimum atomic E-state index is 0.561. The Morgan fingerprint density at radius 2 is 2.07 bits per heavy atom. The molecule has 1 aromatic rings. The van der Waals surface area contributed by atoms with E-state index in [2.05, 4.69) is 22.2 Å².